The summed E-state index contributed by atoms with van der Waals surface area (Å²) < 4.78 is 18.3. The molecule has 7 nitrogen and oxygen atoms in total. The molecule has 1 aromatic carbocycles. The Morgan fingerprint density at radius 3 is 2.71 bits per heavy atom. The molecule has 0 aliphatic rings. The summed E-state index contributed by atoms with van der Waals surface area (Å²) in [5.41, 5.74) is 0.294. The highest BCUT2D eigenvalue weighted by atomic mass is 79.9. The summed E-state index contributed by atoms with van der Waals surface area (Å²) in [7, 11) is 1.24. The number of nitro groups is 1. The highest BCUT2D eigenvalue weighted by molar-refractivity contribution is 9.10. The summed E-state index contributed by atoms with van der Waals surface area (Å²) in [5.74, 6) is -1.71. The van der Waals surface area contributed by atoms with Gasteiger partial charge in [0.05, 0.1) is 18.0 Å². The summed E-state index contributed by atoms with van der Waals surface area (Å²) in [4.78, 5) is 26.4. The van der Waals surface area contributed by atoms with E-state index in [2.05, 4.69) is 26.2 Å². The number of benzene rings is 1. The van der Waals surface area contributed by atoms with Crippen LogP contribution in [0.3, 0.4) is 0 Å². The second kappa shape index (κ2) is 7.82. The number of nitrogens with one attached hydrogen (secondary N) is 1. The number of anilines is 1. The number of pyridine rings is 1. The van der Waals surface area contributed by atoms with Crippen LogP contribution < -0.4 is 5.32 Å². The van der Waals surface area contributed by atoms with Gasteiger partial charge in [-0.25, -0.2) is 9.37 Å². The van der Waals surface area contributed by atoms with Crippen molar-refractivity contribution >= 4 is 33.4 Å². The Balaban J connectivity index is 2.24. The predicted molar refractivity (Wildman–Crippen MR) is 88.2 cm³/mol. The first-order valence-electron chi connectivity index (χ1n) is 6.79. The Bertz CT molecular complexity index is 755. The third-order valence-corrected chi connectivity index (χ3v) is 3.70. The zero-order valence-corrected chi connectivity index (χ0v) is 14.1. The number of carbonyl (C=O) groups is 1. The molecule has 126 valence electrons. The SMILES string of the molecule is COC(=O)C(CNc1ncc(Br)cc1[N+](=O)[O-])c1ccc(F)cc1. The molecule has 1 aromatic heterocycles. The molecule has 0 fully saturated rings. The van der Waals surface area contributed by atoms with Crippen molar-refractivity contribution in [1.82, 2.24) is 4.98 Å². The normalized spacial score (nSPS) is 11.6. The molecular weight excluding hydrogens is 385 g/mol. The predicted octanol–water partition coefficient (Wildman–Crippen LogP) is 3.26. The first-order valence-corrected chi connectivity index (χ1v) is 7.58. The van der Waals surface area contributed by atoms with Crippen LogP contribution in [-0.4, -0.2) is 29.5 Å². The fraction of sp³-hybridized carbons (Fsp3) is 0.200. The molecule has 24 heavy (non-hydrogen) atoms. The van der Waals surface area contributed by atoms with Crippen molar-refractivity contribution in [3.63, 3.8) is 0 Å². The van der Waals surface area contributed by atoms with Gasteiger partial charge in [0.1, 0.15) is 5.82 Å². The number of hydrogen-bond donors (Lipinski definition) is 1. The number of esters is 1. The first-order chi connectivity index (χ1) is 11.4. The lowest BCUT2D eigenvalue weighted by molar-refractivity contribution is -0.384. The average molecular weight is 398 g/mol. The van der Waals surface area contributed by atoms with E-state index in [1.165, 1.54) is 43.6 Å². The number of ether oxygens (including phenoxy) is 1. The van der Waals surface area contributed by atoms with Crippen LogP contribution in [0.1, 0.15) is 11.5 Å². The van der Waals surface area contributed by atoms with Crippen molar-refractivity contribution in [2.45, 2.75) is 5.92 Å². The van der Waals surface area contributed by atoms with Crippen molar-refractivity contribution < 1.29 is 18.8 Å². The van der Waals surface area contributed by atoms with E-state index in [0.717, 1.165) is 0 Å². The third-order valence-electron chi connectivity index (χ3n) is 3.26. The van der Waals surface area contributed by atoms with Crippen LogP contribution in [0.25, 0.3) is 0 Å². The number of rotatable bonds is 6. The van der Waals surface area contributed by atoms with Crippen LogP contribution >= 0.6 is 15.9 Å². The largest absolute Gasteiger partial charge is 0.468 e. The number of aromatic nitrogens is 1. The van der Waals surface area contributed by atoms with Gasteiger partial charge in [-0.1, -0.05) is 12.1 Å². The molecule has 0 bridgehead atoms. The van der Waals surface area contributed by atoms with Gasteiger partial charge in [-0.15, -0.1) is 0 Å². The summed E-state index contributed by atoms with van der Waals surface area (Å²) in [6.45, 7) is 0.00772. The van der Waals surface area contributed by atoms with Gasteiger partial charge < -0.3 is 10.1 Å². The molecule has 1 unspecified atom stereocenters. The molecule has 0 aliphatic carbocycles. The van der Waals surface area contributed by atoms with Crippen LogP contribution in [-0.2, 0) is 9.53 Å². The van der Waals surface area contributed by atoms with Gasteiger partial charge in [-0.3, -0.25) is 14.9 Å². The van der Waals surface area contributed by atoms with E-state index in [1.54, 1.807) is 0 Å². The molecule has 2 aromatic rings. The number of carbonyl (C=O) groups excluding carboxylic acids is 1. The van der Waals surface area contributed by atoms with Gasteiger partial charge in [0, 0.05) is 23.3 Å². The molecule has 0 amide bonds. The maximum atomic E-state index is 13.0. The first kappa shape index (κ1) is 17.8. The van der Waals surface area contributed by atoms with Gasteiger partial charge in [0.15, 0.2) is 0 Å². The van der Waals surface area contributed by atoms with E-state index in [9.17, 15) is 19.3 Å². The summed E-state index contributed by atoms with van der Waals surface area (Å²) in [6.07, 6.45) is 1.40. The summed E-state index contributed by atoms with van der Waals surface area (Å²) >= 11 is 3.12. The third kappa shape index (κ3) is 4.25. The lowest BCUT2D eigenvalue weighted by Crippen LogP contribution is -2.23. The van der Waals surface area contributed by atoms with E-state index in [-0.39, 0.29) is 18.1 Å². The minimum absolute atomic E-state index is 0.00772. The summed E-state index contributed by atoms with van der Waals surface area (Å²) in [5, 5.41) is 13.9. The number of nitrogens with zero attached hydrogens (tertiary/aromatic N) is 2. The van der Waals surface area contributed by atoms with Crippen LogP contribution in [0, 0.1) is 15.9 Å². The molecule has 0 radical (unpaired) electrons. The van der Waals surface area contributed by atoms with Crippen LogP contribution in [0.2, 0.25) is 0 Å². The molecule has 1 atom stereocenters. The Morgan fingerprint density at radius 2 is 2.12 bits per heavy atom. The van der Waals surface area contributed by atoms with Gasteiger partial charge >= 0.3 is 11.7 Å². The van der Waals surface area contributed by atoms with Gasteiger partial charge in [-0.05, 0) is 33.6 Å². The maximum Gasteiger partial charge on any atom is 0.314 e. The van der Waals surface area contributed by atoms with Crippen LogP contribution in [0.5, 0.6) is 0 Å². The standard InChI is InChI=1S/C15H13BrFN3O4/c1-24-15(21)12(9-2-4-11(17)5-3-9)8-19-14-13(20(22)23)6-10(16)7-18-14/h2-7,12H,8H2,1H3,(H,18,19). The molecule has 0 saturated heterocycles. The molecular formula is C15H13BrFN3O4. The Labute approximate surface area is 145 Å². The summed E-state index contributed by atoms with van der Waals surface area (Å²) in [6, 6.07) is 6.68. The molecule has 2 rings (SSSR count). The minimum Gasteiger partial charge on any atom is -0.468 e. The highest BCUT2D eigenvalue weighted by Crippen LogP contribution is 2.26. The van der Waals surface area contributed by atoms with Gasteiger partial charge in [0.2, 0.25) is 5.82 Å². The molecule has 9 heteroatoms. The molecule has 0 spiro atoms. The molecule has 0 aliphatic heterocycles. The quantitative estimate of drug-likeness (QED) is 0.456. The van der Waals surface area contributed by atoms with E-state index in [1.807, 2.05) is 0 Å². The Kier molecular flexibility index (Phi) is 5.80. The van der Waals surface area contributed by atoms with E-state index >= 15 is 0 Å². The maximum absolute atomic E-state index is 13.0. The monoisotopic (exact) mass is 397 g/mol. The topological polar surface area (TPSA) is 94.4 Å². The van der Waals surface area contributed by atoms with Crippen molar-refractivity contribution in [1.29, 1.82) is 0 Å². The van der Waals surface area contributed by atoms with E-state index in [4.69, 9.17) is 4.74 Å². The molecule has 0 saturated carbocycles. The highest BCUT2D eigenvalue weighted by Gasteiger charge is 2.24. The lowest BCUT2D eigenvalue weighted by atomic mass is 9.99. The fourth-order valence-electron chi connectivity index (χ4n) is 2.08. The zero-order chi connectivity index (χ0) is 17.7. The van der Waals surface area contributed by atoms with Crippen molar-refractivity contribution in [3.8, 4) is 0 Å². The minimum atomic E-state index is -0.763. The van der Waals surface area contributed by atoms with E-state index < -0.39 is 22.6 Å². The van der Waals surface area contributed by atoms with E-state index in [0.29, 0.717) is 10.0 Å². The van der Waals surface area contributed by atoms with Crippen molar-refractivity contribution in [2.24, 2.45) is 0 Å². The second-order valence-corrected chi connectivity index (χ2v) is 5.70. The smallest absolute Gasteiger partial charge is 0.314 e. The number of hydrogen-bond acceptors (Lipinski definition) is 6. The van der Waals surface area contributed by atoms with Crippen LogP contribution in [0.15, 0.2) is 41.0 Å². The Morgan fingerprint density at radius 1 is 1.46 bits per heavy atom. The average Bonchev–Trinajstić information content (AvgIpc) is 2.57. The number of methoxy groups -OCH3 is 1. The Hall–Kier alpha value is -2.55. The van der Waals surface area contributed by atoms with Crippen molar-refractivity contribution in [3.05, 3.63) is 62.5 Å². The van der Waals surface area contributed by atoms with Crippen LogP contribution in [0.4, 0.5) is 15.9 Å². The van der Waals surface area contributed by atoms with Gasteiger partial charge in [-0.2, -0.15) is 0 Å². The lowest BCUT2D eigenvalue weighted by Gasteiger charge is -2.16. The van der Waals surface area contributed by atoms with Crippen molar-refractivity contribution in [2.75, 3.05) is 19.0 Å². The molecule has 1 N–H and O–H groups in total. The fourth-order valence-corrected chi connectivity index (χ4v) is 2.40. The molecule has 1 heterocycles. The zero-order valence-electron chi connectivity index (χ0n) is 12.5. The second-order valence-electron chi connectivity index (χ2n) is 4.79. The van der Waals surface area contributed by atoms with Gasteiger partial charge in [0.25, 0.3) is 0 Å². The number of halogens is 2.